The number of likely N-dealkylation sites (N-methyl/N-ethyl adjacent to an activating group) is 1. The number of amides is 1. The highest BCUT2D eigenvalue weighted by Crippen LogP contribution is 2.28. The van der Waals surface area contributed by atoms with Crippen molar-refractivity contribution in [2.24, 2.45) is 0 Å². The van der Waals surface area contributed by atoms with Crippen LogP contribution >= 0.6 is 11.6 Å². The Morgan fingerprint density at radius 1 is 1.13 bits per heavy atom. The van der Waals surface area contributed by atoms with Crippen LogP contribution in [0.2, 0.25) is 5.28 Å². The molecule has 3 aromatic rings. The van der Waals surface area contributed by atoms with Crippen LogP contribution in [-0.4, -0.2) is 41.0 Å². The van der Waals surface area contributed by atoms with Gasteiger partial charge < -0.3 is 15.0 Å². The van der Waals surface area contributed by atoms with E-state index >= 15 is 0 Å². The SMILES string of the molecule is COc1ccccc1Nc1cc(C(=O)N(C)C2CCc3ccccc3C2)nc(Cl)n1. The third-order valence-electron chi connectivity index (χ3n) is 5.48. The van der Waals surface area contributed by atoms with Crippen molar-refractivity contribution in [3.05, 3.63) is 76.7 Å². The van der Waals surface area contributed by atoms with Crippen LogP contribution in [0.1, 0.15) is 28.0 Å². The van der Waals surface area contributed by atoms with Crippen LogP contribution in [0, 0.1) is 0 Å². The van der Waals surface area contributed by atoms with Crippen LogP contribution in [0.4, 0.5) is 11.5 Å². The van der Waals surface area contributed by atoms with E-state index in [-0.39, 0.29) is 22.9 Å². The maximum atomic E-state index is 13.2. The molecule has 1 aliphatic carbocycles. The summed E-state index contributed by atoms with van der Waals surface area (Å²) in [5.41, 5.74) is 3.65. The molecule has 7 heteroatoms. The van der Waals surface area contributed by atoms with Crippen LogP contribution in [-0.2, 0) is 12.8 Å². The summed E-state index contributed by atoms with van der Waals surface area (Å²) < 4.78 is 5.36. The summed E-state index contributed by atoms with van der Waals surface area (Å²) in [6.07, 6.45) is 2.72. The van der Waals surface area contributed by atoms with Gasteiger partial charge in [0.05, 0.1) is 12.8 Å². The van der Waals surface area contributed by atoms with Crippen molar-refractivity contribution in [2.75, 3.05) is 19.5 Å². The number of fused-ring (bicyclic) bond motifs is 1. The van der Waals surface area contributed by atoms with E-state index in [1.165, 1.54) is 11.1 Å². The van der Waals surface area contributed by atoms with E-state index in [0.29, 0.717) is 11.6 Å². The number of halogens is 1. The molecule has 2 aromatic carbocycles. The Hall–Kier alpha value is -3.12. The minimum atomic E-state index is -0.174. The Balaban J connectivity index is 1.54. The summed E-state index contributed by atoms with van der Waals surface area (Å²) >= 11 is 6.13. The molecule has 1 unspecified atom stereocenters. The molecule has 1 N–H and O–H groups in total. The number of carbonyl (C=O) groups is 1. The minimum Gasteiger partial charge on any atom is -0.495 e. The number of aryl methyl sites for hydroxylation is 1. The lowest BCUT2D eigenvalue weighted by atomic mass is 9.87. The van der Waals surface area contributed by atoms with Gasteiger partial charge in [0.2, 0.25) is 5.28 Å². The van der Waals surface area contributed by atoms with Gasteiger partial charge in [0.1, 0.15) is 17.3 Å². The molecule has 0 saturated heterocycles. The van der Waals surface area contributed by atoms with E-state index in [0.717, 1.165) is 24.9 Å². The Bertz CT molecular complexity index is 1070. The molecule has 1 aromatic heterocycles. The van der Waals surface area contributed by atoms with Gasteiger partial charge in [0.15, 0.2) is 0 Å². The fraction of sp³-hybridized carbons (Fsp3) is 0.261. The monoisotopic (exact) mass is 422 g/mol. The number of benzene rings is 2. The quantitative estimate of drug-likeness (QED) is 0.612. The number of hydrogen-bond acceptors (Lipinski definition) is 5. The van der Waals surface area contributed by atoms with E-state index in [2.05, 4.69) is 33.5 Å². The minimum absolute atomic E-state index is 0.0145. The summed E-state index contributed by atoms with van der Waals surface area (Å²) in [7, 11) is 3.42. The van der Waals surface area contributed by atoms with Crippen LogP contribution in [0.15, 0.2) is 54.6 Å². The maximum Gasteiger partial charge on any atom is 0.272 e. The average Bonchev–Trinajstić information content (AvgIpc) is 2.77. The van der Waals surface area contributed by atoms with E-state index in [1.54, 1.807) is 18.1 Å². The number of aromatic nitrogens is 2. The molecule has 1 heterocycles. The molecule has 30 heavy (non-hydrogen) atoms. The average molecular weight is 423 g/mol. The Morgan fingerprint density at radius 2 is 1.87 bits per heavy atom. The smallest absolute Gasteiger partial charge is 0.272 e. The number of nitrogens with one attached hydrogen (secondary N) is 1. The van der Waals surface area contributed by atoms with Gasteiger partial charge >= 0.3 is 0 Å². The fourth-order valence-electron chi connectivity index (χ4n) is 3.83. The second-order valence-electron chi connectivity index (χ2n) is 7.31. The van der Waals surface area contributed by atoms with Gasteiger partial charge in [-0.2, -0.15) is 0 Å². The van der Waals surface area contributed by atoms with Crippen molar-refractivity contribution in [3.63, 3.8) is 0 Å². The van der Waals surface area contributed by atoms with Crippen molar-refractivity contribution >= 4 is 29.0 Å². The lowest BCUT2D eigenvalue weighted by Gasteiger charge is -2.32. The van der Waals surface area contributed by atoms with Crippen LogP contribution in [0.25, 0.3) is 0 Å². The molecule has 6 nitrogen and oxygen atoms in total. The molecular weight excluding hydrogens is 400 g/mol. The number of anilines is 2. The molecule has 0 radical (unpaired) electrons. The van der Waals surface area contributed by atoms with Gasteiger partial charge in [0, 0.05) is 19.2 Å². The van der Waals surface area contributed by atoms with Gasteiger partial charge in [-0.25, -0.2) is 9.97 Å². The van der Waals surface area contributed by atoms with E-state index < -0.39 is 0 Å². The highest BCUT2D eigenvalue weighted by Gasteiger charge is 2.27. The molecule has 1 aliphatic rings. The molecule has 0 saturated carbocycles. The first-order valence-corrected chi connectivity index (χ1v) is 10.2. The number of carbonyl (C=O) groups excluding carboxylic acids is 1. The standard InChI is InChI=1S/C23H23ClN4O2/c1-28(17-12-11-15-7-3-4-8-16(15)13-17)22(29)19-14-21(27-23(24)26-19)25-18-9-5-6-10-20(18)30-2/h3-10,14,17H,11-13H2,1-2H3,(H,25,26,27). The van der Waals surface area contributed by atoms with Gasteiger partial charge in [-0.15, -0.1) is 0 Å². The third kappa shape index (κ3) is 4.24. The normalized spacial score (nSPS) is 15.2. The fourth-order valence-corrected chi connectivity index (χ4v) is 4.02. The lowest BCUT2D eigenvalue weighted by Crippen LogP contribution is -2.41. The largest absolute Gasteiger partial charge is 0.495 e. The molecule has 1 amide bonds. The third-order valence-corrected chi connectivity index (χ3v) is 5.65. The first-order chi connectivity index (χ1) is 14.5. The number of nitrogens with zero attached hydrogens (tertiary/aromatic N) is 3. The van der Waals surface area contributed by atoms with Gasteiger partial charge in [-0.1, -0.05) is 36.4 Å². The summed E-state index contributed by atoms with van der Waals surface area (Å²) in [6.45, 7) is 0. The Labute approximate surface area is 180 Å². The number of para-hydroxylation sites is 2. The van der Waals surface area contributed by atoms with Gasteiger partial charge in [0.25, 0.3) is 5.91 Å². The molecule has 0 bridgehead atoms. The summed E-state index contributed by atoms with van der Waals surface area (Å²) in [4.78, 5) is 23.3. The molecule has 0 spiro atoms. The van der Waals surface area contributed by atoms with Gasteiger partial charge in [-0.05, 0) is 54.1 Å². The predicted molar refractivity (Wildman–Crippen MR) is 118 cm³/mol. The number of ether oxygens (including phenoxy) is 1. The number of rotatable bonds is 5. The van der Waals surface area contributed by atoms with Crippen LogP contribution in [0.5, 0.6) is 5.75 Å². The van der Waals surface area contributed by atoms with Crippen LogP contribution in [0.3, 0.4) is 0 Å². The summed E-state index contributed by atoms with van der Waals surface area (Å²) in [5, 5.41) is 3.17. The summed E-state index contributed by atoms with van der Waals surface area (Å²) in [6, 6.07) is 17.6. The van der Waals surface area contributed by atoms with Crippen molar-refractivity contribution in [1.29, 1.82) is 0 Å². The topological polar surface area (TPSA) is 67.3 Å². The Kier molecular flexibility index (Phi) is 5.86. The predicted octanol–water partition coefficient (Wildman–Crippen LogP) is 4.51. The molecular formula is C23H23ClN4O2. The van der Waals surface area contributed by atoms with Crippen molar-refractivity contribution in [1.82, 2.24) is 14.9 Å². The summed E-state index contributed by atoms with van der Waals surface area (Å²) in [5.74, 6) is 0.926. The molecule has 0 aliphatic heterocycles. The second-order valence-corrected chi connectivity index (χ2v) is 7.65. The van der Waals surface area contributed by atoms with E-state index in [9.17, 15) is 4.79 Å². The zero-order valence-corrected chi connectivity index (χ0v) is 17.7. The maximum absolute atomic E-state index is 13.2. The highest BCUT2D eigenvalue weighted by atomic mass is 35.5. The molecule has 1 atom stereocenters. The highest BCUT2D eigenvalue weighted by molar-refractivity contribution is 6.28. The Morgan fingerprint density at radius 3 is 2.67 bits per heavy atom. The van der Waals surface area contributed by atoms with Crippen molar-refractivity contribution in [2.45, 2.75) is 25.3 Å². The molecule has 0 fully saturated rings. The lowest BCUT2D eigenvalue weighted by molar-refractivity contribution is 0.0713. The van der Waals surface area contributed by atoms with E-state index in [1.807, 2.05) is 37.4 Å². The van der Waals surface area contributed by atoms with Crippen LogP contribution < -0.4 is 10.1 Å². The zero-order valence-electron chi connectivity index (χ0n) is 16.9. The van der Waals surface area contributed by atoms with Crippen molar-refractivity contribution < 1.29 is 9.53 Å². The number of methoxy groups -OCH3 is 1. The molecule has 154 valence electrons. The van der Waals surface area contributed by atoms with Crippen molar-refractivity contribution in [3.8, 4) is 5.75 Å². The zero-order chi connectivity index (χ0) is 21.1. The number of hydrogen-bond donors (Lipinski definition) is 1. The molecule has 4 rings (SSSR count). The van der Waals surface area contributed by atoms with Gasteiger partial charge in [-0.3, -0.25) is 4.79 Å². The first-order valence-electron chi connectivity index (χ1n) is 9.83. The second kappa shape index (κ2) is 8.71. The first kappa shape index (κ1) is 20.2. The van der Waals surface area contributed by atoms with E-state index in [4.69, 9.17) is 16.3 Å².